The molecular formula is C16H20N2O. The van der Waals surface area contributed by atoms with Crippen molar-refractivity contribution in [3.8, 4) is 0 Å². The summed E-state index contributed by atoms with van der Waals surface area (Å²) in [5.41, 5.74) is 1.76. The summed E-state index contributed by atoms with van der Waals surface area (Å²) in [7, 11) is 1.63. The van der Waals surface area contributed by atoms with Gasteiger partial charge < -0.3 is 10.6 Å². The van der Waals surface area contributed by atoms with Crippen LogP contribution in [0.5, 0.6) is 0 Å². The largest absolute Gasteiger partial charge is 0.370 e. The van der Waals surface area contributed by atoms with Crippen LogP contribution in [0.15, 0.2) is 66.9 Å². The summed E-state index contributed by atoms with van der Waals surface area (Å²) < 4.78 is 0. The van der Waals surface area contributed by atoms with Crippen LogP contribution in [0.25, 0.3) is 0 Å². The van der Waals surface area contributed by atoms with Gasteiger partial charge in [0.1, 0.15) is 6.04 Å². The first kappa shape index (κ1) is 14.8. The number of likely N-dealkylation sites (N-methyl/N-ethyl adjacent to an activating group) is 1. The molecule has 1 aromatic carbocycles. The van der Waals surface area contributed by atoms with E-state index in [4.69, 9.17) is 0 Å². The van der Waals surface area contributed by atoms with Gasteiger partial charge in [0.15, 0.2) is 0 Å². The van der Waals surface area contributed by atoms with Crippen LogP contribution < -0.4 is 10.6 Å². The number of carbonyl (C=O) groups is 1. The van der Waals surface area contributed by atoms with Crippen LogP contribution in [0.1, 0.15) is 18.5 Å². The summed E-state index contributed by atoms with van der Waals surface area (Å²) in [4.78, 5) is 12.0. The van der Waals surface area contributed by atoms with E-state index < -0.39 is 6.04 Å². The van der Waals surface area contributed by atoms with Gasteiger partial charge in [-0.1, -0.05) is 49.1 Å². The topological polar surface area (TPSA) is 41.1 Å². The Kier molecular flexibility index (Phi) is 6.16. The normalized spacial score (nSPS) is 13.1. The SMILES string of the molecule is C=C/C=C(\C=C/C)NC(C(=O)NC)c1ccccc1. The Morgan fingerprint density at radius 3 is 2.53 bits per heavy atom. The number of amides is 1. The first-order chi connectivity index (χ1) is 9.22. The first-order valence-electron chi connectivity index (χ1n) is 6.21. The van der Waals surface area contributed by atoms with Crippen molar-refractivity contribution < 1.29 is 4.79 Å². The van der Waals surface area contributed by atoms with Crippen molar-refractivity contribution in [2.75, 3.05) is 7.05 Å². The predicted octanol–water partition coefficient (Wildman–Crippen LogP) is 2.71. The second-order valence-electron chi connectivity index (χ2n) is 3.96. The number of benzene rings is 1. The fraction of sp³-hybridized carbons (Fsp3) is 0.188. The number of nitrogens with one attached hydrogen (secondary N) is 2. The van der Waals surface area contributed by atoms with E-state index in [9.17, 15) is 4.79 Å². The maximum atomic E-state index is 12.0. The lowest BCUT2D eigenvalue weighted by atomic mass is 10.1. The van der Waals surface area contributed by atoms with E-state index in [2.05, 4.69) is 17.2 Å². The van der Waals surface area contributed by atoms with Gasteiger partial charge in [0.2, 0.25) is 5.91 Å². The van der Waals surface area contributed by atoms with E-state index in [1.54, 1.807) is 13.1 Å². The van der Waals surface area contributed by atoms with Crippen molar-refractivity contribution >= 4 is 5.91 Å². The van der Waals surface area contributed by atoms with E-state index in [-0.39, 0.29) is 5.91 Å². The van der Waals surface area contributed by atoms with Crippen LogP contribution >= 0.6 is 0 Å². The molecule has 19 heavy (non-hydrogen) atoms. The highest BCUT2D eigenvalue weighted by Crippen LogP contribution is 2.15. The van der Waals surface area contributed by atoms with Crippen molar-refractivity contribution in [3.63, 3.8) is 0 Å². The molecule has 0 aliphatic carbocycles. The van der Waals surface area contributed by atoms with Gasteiger partial charge >= 0.3 is 0 Å². The molecule has 1 rings (SSSR count). The second kappa shape index (κ2) is 7.93. The third-order valence-corrected chi connectivity index (χ3v) is 2.60. The third-order valence-electron chi connectivity index (χ3n) is 2.60. The molecule has 3 heteroatoms. The minimum atomic E-state index is -0.423. The molecule has 1 amide bonds. The zero-order valence-electron chi connectivity index (χ0n) is 11.4. The summed E-state index contributed by atoms with van der Waals surface area (Å²) >= 11 is 0. The number of hydrogen-bond donors (Lipinski definition) is 2. The molecular weight excluding hydrogens is 236 g/mol. The van der Waals surface area contributed by atoms with Crippen molar-refractivity contribution in [2.24, 2.45) is 0 Å². The molecule has 2 N–H and O–H groups in total. The summed E-state index contributed by atoms with van der Waals surface area (Å²) in [6.45, 7) is 5.60. The molecule has 100 valence electrons. The number of carbonyl (C=O) groups excluding carboxylic acids is 1. The molecule has 0 saturated heterocycles. The highest BCUT2D eigenvalue weighted by molar-refractivity contribution is 5.83. The van der Waals surface area contributed by atoms with Crippen LogP contribution in [0.3, 0.4) is 0 Å². The van der Waals surface area contributed by atoms with Crippen molar-refractivity contribution in [1.29, 1.82) is 0 Å². The Labute approximate surface area is 114 Å². The van der Waals surface area contributed by atoms with Crippen molar-refractivity contribution in [1.82, 2.24) is 10.6 Å². The van der Waals surface area contributed by atoms with Crippen LogP contribution in [-0.4, -0.2) is 13.0 Å². The van der Waals surface area contributed by atoms with Gasteiger partial charge in [-0.05, 0) is 24.6 Å². The summed E-state index contributed by atoms with van der Waals surface area (Å²) in [6, 6.07) is 9.19. The Balaban J connectivity index is 3.02. The molecule has 1 unspecified atom stereocenters. The third kappa shape index (κ3) is 4.47. The smallest absolute Gasteiger partial charge is 0.246 e. The molecule has 3 nitrogen and oxygen atoms in total. The summed E-state index contributed by atoms with van der Waals surface area (Å²) in [5.74, 6) is -0.0781. The predicted molar refractivity (Wildman–Crippen MR) is 79.5 cm³/mol. The molecule has 0 heterocycles. The number of rotatable bonds is 6. The van der Waals surface area contributed by atoms with Crippen LogP contribution in [0.4, 0.5) is 0 Å². The lowest BCUT2D eigenvalue weighted by Gasteiger charge is -2.19. The maximum absolute atomic E-state index is 12.0. The zero-order chi connectivity index (χ0) is 14.1. The molecule has 1 atom stereocenters. The second-order valence-corrected chi connectivity index (χ2v) is 3.96. The average Bonchev–Trinajstić information content (AvgIpc) is 2.45. The monoisotopic (exact) mass is 256 g/mol. The number of allylic oxidation sites excluding steroid dienone is 4. The van der Waals surface area contributed by atoms with E-state index in [0.29, 0.717) is 0 Å². The highest BCUT2D eigenvalue weighted by Gasteiger charge is 2.18. The van der Waals surface area contributed by atoms with E-state index in [0.717, 1.165) is 11.3 Å². The van der Waals surface area contributed by atoms with E-state index in [1.807, 2.05) is 55.5 Å². The molecule has 0 saturated carbocycles. The van der Waals surface area contributed by atoms with Gasteiger partial charge in [0.05, 0.1) is 0 Å². The molecule has 0 fully saturated rings. The highest BCUT2D eigenvalue weighted by atomic mass is 16.2. The molecule has 1 aromatic rings. The lowest BCUT2D eigenvalue weighted by Crippen LogP contribution is -2.35. The molecule has 0 bridgehead atoms. The Hall–Kier alpha value is -2.29. The molecule has 0 radical (unpaired) electrons. The Morgan fingerprint density at radius 1 is 1.32 bits per heavy atom. The fourth-order valence-corrected chi connectivity index (χ4v) is 1.72. The molecule has 0 aromatic heterocycles. The van der Waals surface area contributed by atoms with Gasteiger partial charge in [-0.3, -0.25) is 4.79 Å². The van der Waals surface area contributed by atoms with Gasteiger partial charge in [-0.25, -0.2) is 0 Å². The minimum Gasteiger partial charge on any atom is -0.370 e. The van der Waals surface area contributed by atoms with Crippen LogP contribution in [-0.2, 0) is 4.79 Å². The maximum Gasteiger partial charge on any atom is 0.246 e. The molecule has 0 spiro atoms. The van der Waals surface area contributed by atoms with E-state index in [1.165, 1.54) is 0 Å². The lowest BCUT2D eigenvalue weighted by molar-refractivity contribution is -0.122. The summed E-state index contributed by atoms with van der Waals surface area (Å²) in [5, 5.41) is 5.89. The quantitative estimate of drug-likeness (QED) is 0.768. The standard InChI is InChI=1S/C16H20N2O/c1-4-9-14(10-5-2)18-15(16(19)17-3)13-11-7-6-8-12-13/h4-12,15,18H,1H2,2-3H3,(H,17,19)/b10-5-,14-9+. The van der Waals surface area contributed by atoms with Gasteiger partial charge in [0, 0.05) is 12.7 Å². The van der Waals surface area contributed by atoms with Gasteiger partial charge in [-0.15, -0.1) is 0 Å². The van der Waals surface area contributed by atoms with Crippen LogP contribution in [0.2, 0.25) is 0 Å². The minimum absolute atomic E-state index is 0.0781. The Morgan fingerprint density at radius 2 is 2.00 bits per heavy atom. The molecule has 0 aliphatic heterocycles. The van der Waals surface area contributed by atoms with Gasteiger partial charge in [0.25, 0.3) is 0 Å². The van der Waals surface area contributed by atoms with Crippen LogP contribution in [0, 0.1) is 0 Å². The zero-order valence-corrected chi connectivity index (χ0v) is 11.4. The van der Waals surface area contributed by atoms with Crippen molar-refractivity contribution in [2.45, 2.75) is 13.0 Å². The molecule has 0 aliphatic rings. The fourth-order valence-electron chi connectivity index (χ4n) is 1.72. The Bertz CT molecular complexity index is 475. The number of hydrogen-bond acceptors (Lipinski definition) is 2. The van der Waals surface area contributed by atoms with Crippen molar-refractivity contribution in [3.05, 3.63) is 72.5 Å². The first-order valence-corrected chi connectivity index (χ1v) is 6.21. The van der Waals surface area contributed by atoms with E-state index >= 15 is 0 Å². The summed E-state index contributed by atoms with van der Waals surface area (Å²) in [6.07, 6.45) is 7.34. The van der Waals surface area contributed by atoms with Gasteiger partial charge in [-0.2, -0.15) is 0 Å². The average molecular weight is 256 g/mol.